The molecule has 3 nitrogen and oxygen atoms in total. The Bertz CT molecular complexity index is 392. The van der Waals surface area contributed by atoms with Crippen LogP contribution < -0.4 is 0 Å². The Labute approximate surface area is 95.1 Å². The lowest BCUT2D eigenvalue weighted by Gasteiger charge is -2.32. The fourth-order valence-electron chi connectivity index (χ4n) is 2.21. The maximum atomic E-state index is 6.24. The number of rotatable bonds is 1. The molecule has 1 aromatic heterocycles. The SMILES string of the molecule is Cn1nncc1C1=CC(Cl)CC(C)(C)C1. The van der Waals surface area contributed by atoms with Crippen LogP contribution in [0.5, 0.6) is 0 Å². The summed E-state index contributed by atoms with van der Waals surface area (Å²) >= 11 is 6.24. The molecule has 0 aromatic carbocycles. The summed E-state index contributed by atoms with van der Waals surface area (Å²) in [7, 11) is 1.91. The van der Waals surface area contributed by atoms with Crippen LogP contribution >= 0.6 is 11.6 Å². The van der Waals surface area contributed by atoms with Gasteiger partial charge in [-0.1, -0.05) is 25.1 Å². The summed E-state index contributed by atoms with van der Waals surface area (Å²) < 4.78 is 1.80. The van der Waals surface area contributed by atoms with Crippen molar-refractivity contribution in [2.75, 3.05) is 0 Å². The molecule has 0 aliphatic heterocycles. The Morgan fingerprint density at radius 3 is 2.80 bits per heavy atom. The second kappa shape index (κ2) is 3.63. The molecule has 1 aliphatic rings. The number of hydrogen-bond acceptors (Lipinski definition) is 2. The van der Waals surface area contributed by atoms with Crippen LogP contribution in [0.4, 0.5) is 0 Å². The lowest BCUT2D eigenvalue weighted by molar-refractivity contribution is 0.339. The van der Waals surface area contributed by atoms with Gasteiger partial charge in [0, 0.05) is 7.05 Å². The Balaban J connectivity index is 2.34. The van der Waals surface area contributed by atoms with Crippen molar-refractivity contribution in [3.63, 3.8) is 0 Å². The predicted octanol–water partition coefficient (Wildman–Crippen LogP) is 2.63. The van der Waals surface area contributed by atoms with E-state index in [0.717, 1.165) is 18.5 Å². The molecular formula is C11H16ClN3. The molecule has 1 unspecified atom stereocenters. The van der Waals surface area contributed by atoms with Crippen molar-refractivity contribution >= 4 is 17.2 Å². The first-order chi connectivity index (χ1) is 6.98. The van der Waals surface area contributed by atoms with Crippen molar-refractivity contribution in [1.29, 1.82) is 0 Å². The van der Waals surface area contributed by atoms with E-state index in [2.05, 4.69) is 30.2 Å². The van der Waals surface area contributed by atoms with Gasteiger partial charge in [-0.3, -0.25) is 0 Å². The largest absolute Gasteiger partial charge is 0.248 e. The fraction of sp³-hybridized carbons (Fsp3) is 0.636. The quantitative estimate of drug-likeness (QED) is 0.688. The van der Waals surface area contributed by atoms with Crippen molar-refractivity contribution in [3.05, 3.63) is 18.0 Å². The van der Waals surface area contributed by atoms with Gasteiger partial charge < -0.3 is 0 Å². The average molecular weight is 226 g/mol. The van der Waals surface area contributed by atoms with Gasteiger partial charge in [0.05, 0.1) is 17.3 Å². The fourth-order valence-corrected chi connectivity index (χ4v) is 2.78. The van der Waals surface area contributed by atoms with Crippen molar-refractivity contribution in [2.24, 2.45) is 12.5 Å². The smallest absolute Gasteiger partial charge is 0.0839 e. The van der Waals surface area contributed by atoms with Crippen LogP contribution in [0.25, 0.3) is 5.57 Å². The van der Waals surface area contributed by atoms with E-state index in [-0.39, 0.29) is 10.8 Å². The minimum absolute atomic E-state index is 0.124. The molecule has 0 N–H and O–H groups in total. The molecule has 0 amide bonds. The summed E-state index contributed by atoms with van der Waals surface area (Å²) in [4.78, 5) is 0. The van der Waals surface area contributed by atoms with E-state index in [1.165, 1.54) is 5.57 Å². The van der Waals surface area contributed by atoms with E-state index in [1.807, 2.05) is 7.05 Å². The summed E-state index contributed by atoms with van der Waals surface area (Å²) in [5.41, 5.74) is 2.60. The minimum Gasteiger partial charge on any atom is -0.248 e. The zero-order valence-corrected chi connectivity index (χ0v) is 10.1. The number of aryl methyl sites for hydroxylation is 1. The highest BCUT2D eigenvalue weighted by atomic mass is 35.5. The zero-order valence-electron chi connectivity index (χ0n) is 9.37. The van der Waals surface area contributed by atoms with E-state index in [4.69, 9.17) is 11.6 Å². The Morgan fingerprint density at radius 2 is 2.27 bits per heavy atom. The van der Waals surface area contributed by atoms with Gasteiger partial charge in [0.2, 0.25) is 0 Å². The van der Waals surface area contributed by atoms with Crippen LogP contribution in [0.15, 0.2) is 12.3 Å². The first kappa shape index (κ1) is 10.7. The minimum atomic E-state index is 0.124. The molecule has 2 rings (SSSR count). The van der Waals surface area contributed by atoms with Crippen LogP contribution in [0.2, 0.25) is 0 Å². The molecule has 0 bridgehead atoms. The number of alkyl halides is 1. The number of allylic oxidation sites excluding steroid dienone is 2. The third kappa shape index (κ3) is 2.23. The molecule has 82 valence electrons. The first-order valence-corrected chi connectivity index (χ1v) is 5.61. The van der Waals surface area contributed by atoms with Crippen molar-refractivity contribution in [2.45, 2.75) is 32.1 Å². The third-order valence-corrected chi connectivity index (χ3v) is 3.12. The molecule has 0 saturated heterocycles. The highest BCUT2D eigenvalue weighted by molar-refractivity contribution is 6.22. The molecule has 1 heterocycles. The molecule has 1 atom stereocenters. The van der Waals surface area contributed by atoms with E-state index in [0.29, 0.717) is 0 Å². The summed E-state index contributed by atoms with van der Waals surface area (Å²) in [6.45, 7) is 4.50. The Hall–Kier alpha value is -0.830. The second-order valence-electron chi connectivity index (χ2n) is 5.00. The molecule has 0 fully saturated rings. The van der Waals surface area contributed by atoms with Crippen LogP contribution in [0.3, 0.4) is 0 Å². The van der Waals surface area contributed by atoms with Gasteiger partial charge in [0.25, 0.3) is 0 Å². The molecular weight excluding hydrogens is 210 g/mol. The zero-order chi connectivity index (χ0) is 11.1. The maximum absolute atomic E-state index is 6.24. The van der Waals surface area contributed by atoms with Crippen molar-refractivity contribution < 1.29 is 0 Å². The summed E-state index contributed by atoms with van der Waals surface area (Å²) in [5, 5.41) is 7.97. The summed E-state index contributed by atoms with van der Waals surface area (Å²) in [6, 6.07) is 0. The van der Waals surface area contributed by atoms with Gasteiger partial charge >= 0.3 is 0 Å². The molecule has 0 spiro atoms. The van der Waals surface area contributed by atoms with Gasteiger partial charge in [0.1, 0.15) is 0 Å². The van der Waals surface area contributed by atoms with Crippen molar-refractivity contribution in [1.82, 2.24) is 15.0 Å². The van der Waals surface area contributed by atoms with E-state index in [9.17, 15) is 0 Å². The molecule has 0 radical (unpaired) electrons. The highest BCUT2D eigenvalue weighted by Crippen LogP contribution is 2.40. The standard InChI is InChI=1S/C11H16ClN3/c1-11(2)5-8(4-9(12)6-11)10-7-13-14-15(10)3/h4,7,9H,5-6H2,1-3H3. The lowest BCUT2D eigenvalue weighted by Crippen LogP contribution is -2.22. The first-order valence-electron chi connectivity index (χ1n) is 5.18. The Kier molecular flexibility index (Phi) is 2.59. The van der Waals surface area contributed by atoms with Gasteiger partial charge in [-0.25, -0.2) is 4.68 Å². The van der Waals surface area contributed by atoms with Gasteiger partial charge in [-0.2, -0.15) is 0 Å². The molecule has 1 aliphatic carbocycles. The normalized spacial score (nSPS) is 25.1. The molecule has 15 heavy (non-hydrogen) atoms. The maximum Gasteiger partial charge on any atom is 0.0839 e. The molecule has 1 aromatic rings. The topological polar surface area (TPSA) is 30.7 Å². The van der Waals surface area contributed by atoms with Crippen molar-refractivity contribution in [3.8, 4) is 0 Å². The van der Waals surface area contributed by atoms with Gasteiger partial charge in [-0.15, -0.1) is 16.7 Å². The number of aromatic nitrogens is 3. The second-order valence-corrected chi connectivity index (χ2v) is 5.56. The highest BCUT2D eigenvalue weighted by Gasteiger charge is 2.29. The van der Waals surface area contributed by atoms with Crippen LogP contribution in [0.1, 0.15) is 32.4 Å². The monoisotopic (exact) mass is 225 g/mol. The van der Waals surface area contributed by atoms with Gasteiger partial charge in [0.15, 0.2) is 0 Å². The summed E-state index contributed by atoms with van der Waals surface area (Å²) in [5.74, 6) is 0. The Morgan fingerprint density at radius 1 is 1.53 bits per heavy atom. The number of halogens is 1. The average Bonchev–Trinajstić information content (AvgIpc) is 2.47. The van der Waals surface area contributed by atoms with Gasteiger partial charge in [-0.05, 0) is 23.8 Å². The lowest BCUT2D eigenvalue weighted by atomic mass is 9.76. The van der Waals surface area contributed by atoms with E-state index < -0.39 is 0 Å². The summed E-state index contributed by atoms with van der Waals surface area (Å²) in [6.07, 6.45) is 6.00. The van der Waals surface area contributed by atoms with E-state index in [1.54, 1.807) is 10.9 Å². The predicted molar refractivity (Wildman–Crippen MR) is 61.6 cm³/mol. The molecule has 4 heteroatoms. The van der Waals surface area contributed by atoms with Crippen LogP contribution in [-0.4, -0.2) is 20.4 Å². The number of hydrogen-bond donors (Lipinski definition) is 0. The molecule has 0 saturated carbocycles. The third-order valence-electron chi connectivity index (χ3n) is 2.84. The van der Waals surface area contributed by atoms with E-state index >= 15 is 0 Å². The van der Waals surface area contributed by atoms with Crippen LogP contribution in [-0.2, 0) is 7.05 Å². The van der Waals surface area contributed by atoms with Crippen LogP contribution in [0, 0.1) is 5.41 Å². The number of nitrogens with zero attached hydrogens (tertiary/aromatic N) is 3.